The van der Waals surface area contributed by atoms with Gasteiger partial charge in [-0.2, -0.15) is 0 Å². The molecule has 0 aliphatic heterocycles. The van der Waals surface area contributed by atoms with Crippen LogP contribution in [0, 0.1) is 0 Å². The molecule has 0 amide bonds. The van der Waals surface area contributed by atoms with Crippen LogP contribution in [0.3, 0.4) is 0 Å². The molecule has 38 valence electrons. The third kappa shape index (κ3) is 1.19. The molecule has 1 heterocycles. The average molecular weight is 203 g/mol. The zero-order valence-electron chi connectivity index (χ0n) is 4.55. The first kappa shape index (κ1) is 5.15. The second-order valence-electron chi connectivity index (χ2n) is 1.68. The van der Waals surface area contributed by atoms with Gasteiger partial charge >= 0.3 is 55.4 Å². The number of hydrogen-bond donors (Lipinski definition) is 0. The SMILES string of the molecule is Cn1cn[c]([SnH3])c1. The summed E-state index contributed by atoms with van der Waals surface area (Å²) in [4.78, 5) is 4.07. The van der Waals surface area contributed by atoms with Crippen LogP contribution in [-0.4, -0.2) is 32.1 Å². The summed E-state index contributed by atoms with van der Waals surface area (Å²) in [7, 11) is 1.99. The molecular weight excluding hydrogens is 195 g/mol. The second-order valence-corrected chi connectivity index (χ2v) is 4.60. The van der Waals surface area contributed by atoms with Crippen molar-refractivity contribution in [3.63, 3.8) is 0 Å². The Hall–Kier alpha value is 0.00870. The molecule has 0 aromatic carbocycles. The van der Waals surface area contributed by atoms with E-state index in [1.54, 1.807) is 0 Å². The molecule has 2 nitrogen and oxygen atoms in total. The number of rotatable bonds is 0. The molecule has 0 spiro atoms. The summed E-state index contributed by atoms with van der Waals surface area (Å²) in [6.07, 6.45) is 3.91. The molecular formula is C4H8N2Sn. The topological polar surface area (TPSA) is 17.8 Å². The third-order valence-corrected chi connectivity index (χ3v) is 2.31. The standard InChI is InChI=1S/C4H5N2.Sn.3H/c1-6-3-2-5-4-6;;;;/h3-4H,1H3;;;;. The molecule has 0 fully saturated rings. The van der Waals surface area contributed by atoms with Gasteiger partial charge in [0.25, 0.3) is 0 Å². The fourth-order valence-corrected chi connectivity index (χ4v) is 2.04. The Balaban J connectivity index is 3.04. The Morgan fingerprint density at radius 1 is 1.86 bits per heavy atom. The van der Waals surface area contributed by atoms with Gasteiger partial charge in [0.1, 0.15) is 0 Å². The van der Waals surface area contributed by atoms with Gasteiger partial charge in [0, 0.05) is 0 Å². The second kappa shape index (κ2) is 1.86. The van der Waals surface area contributed by atoms with Crippen LogP contribution in [0.1, 0.15) is 0 Å². The van der Waals surface area contributed by atoms with Crippen LogP contribution in [0.15, 0.2) is 12.5 Å². The molecule has 1 rings (SSSR count). The van der Waals surface area contributed by atoms with Crippen LogP contribution >= 0.6 is 0 Å². The molecule has 1 aromatic rings. The normalized spacial score (nSPS) is 9.86. The Labute approximate surface area is 55.6 Å². The van der Waals surface area contributed by atoms with E-state index in [-0.39, 0.29) is 0 Å². The van der Waals surface area contributed by atoms with E-state index in [0.29, 0.717) is 22.5 Å². The van der Waals surface area contributed by atoms with Crippen molar-refractivity contribution in [1.29, 1.82) is 0 Å². The summed E-state index contributed by atoms with van der Waals surface area (Å²) < 4.78 is 3.26. The van der Waals surface area contributed by atoms with Crippen molar-refractivity contribution >= 4 is 26.2 Å². The van der Waals surface area contributed by atoms with Crippen molar-refractivity contribution in [2.24, 2.45) is 7.05 Å². The molecule has 0 saturated carbocycles. The van der Waals surface area contributed by atoms with Crippen LogP contribution in [0.4, 0.5) is 0 Å². The molecule has 0 atom stereocenters. The Kier molecular flexibility index (Phi) is 1.37. The Morgan fingerprint density at radius 2 is 2.57 bits per heavy atom. The number of hydrogen-bond acceptors (Lipinski definition) is 1. The number of aromatic nitrogens is 2. The van der Waals surface area contributed by atoms with Gasteiger partial charge in [-0.3, -0.25) is 0 Å². The van der Waals surface area contributed by atoms with Gasteiger partial charge < -0.3 is 0 Å². The van der Waals surface area contributed by atoms with Crippen molar-refractivity contribution < 1.29 is 0 Å². The van der Waals surface area contributed by atoms with Gasteiger partial charge in [-0.15, -0.1) is 0 Å². The predicted molar refractivity (Wildman–Crippen MR) is 32.8 cm³/mol. The van der Waals surface area contributed by atoms with Gasteiger partial charge in [0.15, 0.2) is 0 Å². The maximum absolute atomic E-state index is 4.07. The van der Waals surface area contributed by atoms with E-state index in [2.05, 4.69) is 11.2 Å². The van der Waals surface area contributed by atoms with Crippen LogP contribution in [0.2, 0.25) is 0 Å². The summed E-state index contributed by atoms with van der Waals surface area (Å²) in [5.74, 6) is 0. The molecule has 1 aromatic heterocycles. The fraction of sp³-hybridized carbons (Fsp3) is 0.250. The van der Waals surface area contributed by atoms with Crippen molar-refractivity contribution in [1.82, 2.24) is 9.55 Å². The quantitative estimate of drug-likeness (QED) is 0.464. The Morgan fingerprint density at radius 3 is 2.71 bits per heavy atom. The monoisotopic (exact) mass is 204 g/mol. The van der Waals surface area contributed by atoms with Gasteiger partial charge in [-0.25, -0.2) is 0 Å². The average Bonchev–Trinajstić information content (AvgIpc) is 1.87. The molecule has 0 aliphatic carbocycles. The molecule has 7 heavy (non-hydrogen) atoms. The zero-order valence-corrected chi connectivity index (χ0v) is 10.3. The van der Waals surface area contributed by atoms with E-state index in [4.69, 9.17) is 0 Å². The number of nitrogens with zero attached hydrogens (tertiary/aromatic N) is 2. The van der Waals surface area contributed by atoms with E-state index in [0.717, 1.165) is 0 Å². The van der Waals surface area contributed by atoms with Crippen molar-refractivity contribution in [2.75, 3.05) is 0 Å². The van der Waals surface area contributed by atoms with Crippen LogP contribution < -0.4 is 3.71 Å². The van der Waals surface area contributed by atoms with Gasteiger partial charge in [-0.05, 0) is 0 Å². The van der Waals surface area contributed by atoms with Gasteiger partial charge in [0.05, 0.1) is 0 Å². The number of aryl methyl sites for hydroxylation is 1. The molecule has 0 unspecified atom stereocenters. The minimum atomic E-state index is 0.597. The first-order valence-corrected chi connectivity index (χ1v) is 5.09. The van der Waals surface area contributed by atoms with E-state index in [9.17, 15) is 0 Å². The maximum atomic E-state index is 4.07. The molecule has 0 radical (unpaired) electrons. The molecule has 3 heteroatoms. The Bertz CT molecular complexity index is 142. The summed E-state index contributed by atoms with van der Waals surface area (Å²) in [6.45, 7) is 0. The van der Waals surface area contributed by atoms with Crippen LogP contribution in [0.25, 0.3) is 0 Å². The van der Waals surface area contributed by atoms with E-state index < -0.39 is 0 Å². The molecule has 0 bridgehead atoms. The van der Waals surface area contributed by atoms with E-state index in [1.807, 2.05) is 17.9 Å². The fourth-order valence-electron chi connectivity index (χ4n) is 0.544. The summed E-state index contributed by atoms with van der Waals surface area (Å²) in [5.41, 5.74) is 0. The van der Waals surface area contributed by atoms with E-state index in [1.165, 1.54) is 3.71 Å². The molecule has 0 N–H and O–H groups in total. The van der Waals surface area contributed by atoms with Crippen molar-refractivity contribution in [3.05, 3.63) is 12.5 Å². The summed E-state index contributed by atoms with van der Waals surface area (Å²) in [6, 6.07) is 0. The molecule has 0 saturated heterocycles. The first-order valence-electron chi connectivity index (χ1n) is 2.23. The van der Waals surface area contributed by atoms with Crippen LogP contribution in [0.5, 0.6) is 0 Å². The summed E-state index contributed by atoms with van der Waals surface area (Å²) >= 11 is 0.597. The molecule has 0 aliphatic rings. The van der Waals surface area contributed by atoms with Crippen molar-refractivity contribution in [2.45, 2.75) is 0 Å². The van der Waals surface area contributed by atoms with Crippen LogP contribution in [-0.2, 0) is 7.05 Å². The first-order chi connectivity index (χ1) is 3.29. The zero-order chi connectivity index (χ0) is 5.28. The predicted octanol–water partition coefficient (Wildman–Crippen LogP) is -1.59. The summed E-state index contributed by atoms with van der Waals surface area (Å²) in [5, 5.41) is 0. The van der Waals surface area contributed by atoms with Gasteiger partial charge in [-0.1, -0.05) is 0 Å². The van der Waals surface area contributed by atoms with E-state index >= 15 is 0 Å². The third-order valence-electron chi connectivity index (χ3n) is 0.834. The number of imidazole rings is 1. The van der Waals surface area contributed by atoms with Gasteiger partial charge in [0.2, 0.25) is 0 Å². The minimum absolute atomic E-state index is 0.597. The van der Waals surface area contributed by atoms with Crippen molar-refractivity contribution in [3.8, 4) is 0 Å².